The minimum absolute atomic E-state index is 0.144. The highest BCUT2D eigenvalue weighted by atomic mass is 32.2. The zero-order chi connectivity index (χ0) is 19.7. The van der Waals surface area contributed by atoms with E-state index in [2.05, 4.69) is 10.3 Å². The van der Waals surface area contributed by atoms with E-state index < -0.39 is 10.2 Å². The maximum Gasteiger partial charge on any atom is 0.326 e. The highest BCUT2D eigenvalue weighted by molar-refractivity contribution is 7.94. The predicted octanol–water partition coefficient (Wildman–Crippen LogP) is 2.74. The number of anilines is 2. The summed E-state index contributed by atoms with van der Waals surface area (Å²) in [5, 5.41) is 5.22. The van der Waals surface area contributed by atoms with Gasteiger partial charge in [0.25, 0.3) is 5.91 Å². The van der Waals surface area contributed by atoms with Crippen LogP contribution in [0.3, 0.4) is 0 Å². The van der Waals surface area contributed by atoms with Crippen molar-refractivity contribution < 1.29 is 13.2 Å². The fourth-order valence-electron chi connectivity index (χ4n) is 3.03. The summed E-state index contributed by atoms with van der Waals surface area (Å²) in [7, 11) is -2.10. The molecule has 1 aliphatic heterocycles. The van der Waals surface area contributed by atoms with Gasteiger partial charge in [0, 0.05) is 24.5 Å². The average Bonchev–Trinajstić information content (AvgIpc) is 3.27. The molecule has 4 rings (SSSR count). The first-order valence-electron chi connectivity index (χ1n) is 8.63. The Kier molecular flexibility index (Phi) is 4.78. The Morgan fingerprint density at radius 1 is 1.07 bits per heavy atom. The molecule has 0 aliphatic carbocycles. The van der Waals surface area contributed by atoms with E-state index in [0.29, 0.717) is 17.1 Å². The Morgan fingerprint density at radius 3 is 2.50 bits per heavy atom. The number of thiazole rings is 1. The third-order valence-electron chi connectivity index (χ3n) is 4.47. The van der Waals surface area contributed by atoms with Crippen LogP contribution in [0.15, 0.2) is 60.0 Å². The highest BCUT2D eigenvalue weighted by Gasteiger charge is 2.37. The van der Waals surface area contributed by atoms with Crippen LogP contribution >= 0.6 is 11.3 Å². The lowest BCUT2D eigenvalue weighted by atomic mass is 10.2. The monoisotopic (exact) mass is 414 g/mol. The lowest BCUT2D eigenvalue weighted by Crippen LogP contribution is -2.40. The molecule has 2 heterocycles. The second-order valence-electron chi connectivity index (χ2n) is 6.20. The third kappa shape index (κ3) is 3.23. The van der Waals surface area contributed by atoms with Gasteiger partial charge in [-0.15, -0.1) is 11.3 Å². The maximum absolute atomic E-state index is 12.6. The molecule has 1 aromatic heterocycles. The number of hydrogen-bond donors (Lipinski definition) is 1. The van der Waals surface area contributed by atoms with Crippen molar-refractivity contribution in [3.63, 3.8) is 0 Å². The minimum Gasteiger partial charge on any atom is -0.349 e. The molecule has 0 unspecified atom stereocenters. The zero-order valence-corrected chi connectivity index (χ0v) is 16.7. The number of carbonyl (C=O) groups excluding carboxylic acids is 1. The number of aromatic nitrogens is 1. The van der Waals surface area contributed by atoms with Crippen LogP contribution in [0.5, 0.6) is 0 Å². The first kappa shape index (κ1) is 18.5. The van der Waals surface area contributed by atoms with Crippen LogP contribution < -0.4 is 13.9 Å². The van der Waals surface area contributed by atoms with E-state index in [1.807, 2.05) is 30.3 Å². The highest BCUT2D eigenvalue weighted by Crippen LogP contribution is 2.39. The molecular weight excluding hydrogens is 396 g/mol. The van der Waals surface area contributed by atoms with Crippen LogP contribution in [0.25, 0.3) is 10.6 Å². The number of carbonyl (C=O) groups is 1. The van der Waals surface area contributed by atoms with Crippen LogP contribution in [-0.2, 0) is 10.2 Å². The Labute approximate surface area is 167 Å². The SMILES string of the molecule is CN1c2ccccc2N(CCNC(=O)c2csc(-c3ccccc3)n2)S1(=O)=O. The van der Waals surface area contributed by atoms with Gasteiger partial charge in [-0.1, -0.05) is 42.5 Å². The van der Waals surface area contributed by atoms with Gasteiger partial charge in [0.1, 0.15) is 10.7 Å². The van der Waals surface area contributed by atoms with Gasteiger partial charge in [0.05, 0.1) is 17.9 Å². The van der Waals surface area contributed by atoms with Crippen molar-refractivity contribution in [2.24, 2.45) is 0 Å². The first-order chi connectivity index (χ1) is 13.5. The third-order valence-corrected chi connectivity index (χ3v) is 7.19. The van der Waals surface area contributed by atoms with Crippen LogP contribution in [0.1, 0.15) is 10.5 Å². The van der Waals surface area contributed by atoms with E-state index in [1.165, 1.54) is 27.0 Å². The topological polar surface area (TPSA) is 82.6 Å². The lowest BCUT2D eigenvalue weighted by molar-refractivity contribution is 0.0950. The molecule has 7 nitrogen and oxygen atoms in total. The molecule has 3 aromatic rings. The van der Waals surface area contributed by atoms with Gasteiger partial charge >= 0.3 is 10.2 Å². The summed E-state index contributed by atoms with van der Waals surface area (Å²) < 4.78 is 27.7. The molecule has 9 heteroatoms. The van der Waals surface area contributed by atoms with Crippen molar-refractivity contribution in [2.75, 3.05) is 28.7 Å². The average molecular weight is 415 g/mol. The Morgan fingerprint density at radius 2 is 1.75 bits per heavy atom. The molecule has 0 saturated heterocycles. The van der Waals surface area contributed by atoms with Gasteiger partial charge in [-0.05, 0) is 12.1 Å². The van der Waals surface area contributed by atoms with Crippen molar-refractivity contribution in [2.45, 2.75) is 0 Å². The zero-order valence-electron chi connectivity index (χ0n) is 15.1. The summed E-state index contributed by atoms with van der Waals surface area (Å²) in [5.41, 5.74) is 2.51. The van der Waals surface area contributed by atoms with Crippen molar-refractivity contribution in [3.8, 4) is 10.6 Å². The van der Waals surface area contributed by atoms with E-state index in [4.69, 9.17) is 0 Å². The quantitative estimate of drug-likeness (QED) is 0.696. The van der Waals surface area contributed by atoms with Gasteiger partial charge in [-0.2, -0.15) is 8.42 Å². The summed E-state index contributed by atoms with van der Waals surface area (Å²) >= 11 is 1.40. The molecule has 144 valence electrons. The molecule has 0 radical (unpaired) electrons. The van der Waals surface area contributed by atoms with Crippen molar-refractivity contribution in [1.82, 2.24) is 10.3 Å². The van der Waals surface area contributed by atoms with Gasteiger partial charge < -0.3 is 5.32 Å². The number of rotatable bonds is 5. The second-order valence-corrected chi connectivity index (χ2v) is 8.94. The number of hydrogen-bond acceptors (Lipinski definition) is 5. The van der Waals surface area contributed by atoms with Crippen molar-refractivity contribution in [1.29, 1.82) is 0 Å². The van der Waals surface area contributed by atoms with E-state index >= 15 is 0 Å². The summed E-state index contributed by atoms with van der Waals surface area (Å²) in [6, 6.07) is 16.7. The minimum atomic E-state index is -3.62. The molecule has 2 aromatic carbocycles. The molecule has 0 saturated carbocycles. The molecular formula is C19H18N4O3S2. The molecule has 0 fully saturated rings. The van der Waals surface area contributed by atoms with E-state index in [9.17, 15) is 13.2 Å². The summed E-state index contributed by atoms with van der Waals surface area (Å²) in [6.45, 7) is 0.323. The number of fused-ring (bicyclic) bond motifs is 1. The van der Waals surface area contributed by atoms with Crippen molar-refractivity contribution in [3.05, 3.63) is 65.7 Å². The number of amides is 1. The van der Waals surface area contributed by atoms with E-state index in [0.717, 1.165) is 10.6 Å². The Hall–Kier alpha value is -2.91. The largest absolute Gasteiger partial charge is 0.349 e. The molecule has 1 amide bonds. The van der Waals surface area contributed by atoms with Crippen LogP contribution in [0.4, 0.5) is 11.4 Å². The maximum atomic E-state index is 12.6. The normalized spacial score (nSPS) is 14.8. The van der Waals surface area contributed by atoms with Crippen LogP contribution in [0, 0.1) is 0 Å². The fourth-order valence-corrected chi connectivity index (χ4v) is 5.26. The number of benzene rings is 2. The van der Waals surface area contributed by atoms with E-state index in [1.54, 1.807) is 29.6 Å². The lowest BCUT2D eigenvalue weighted by Gasteiger charge is -2.19. The van der Waals surface area contributed by atoms with Crippen molar-refractivity contribution >= 4 is 38.8 Å². The van der Waals surface area contributed by atoms with Gasteiger partial charge in [0.15, 0.2) is 0 Å². The molecule has 28 heavy (non-hydrogen) atoms. The molecule has 0 atom stereocenters. The standard InChI is InChI=1S/C19H18N4O3S2/c1-22-16-9-5-6-10-17(16)23(28(22,25)26)12-11-20-18(24)15-13-27-19(21-15)14-7-3-2-4-8-14/h2-10,13H,11-12H2,1H3,(H,20,24). The summed E-state index contributed by atoms with van der Waals surface area (Å²) in [5.74, 6) is -0.323. The summed E-state index contributed by atoms with van der Waals surface area (Å²) in [4.78, 5) is 16.8. The summed E-state index contributed by atoms with van der Waals surface area (Å²) in [6.07, 6.45) is 0. The van der Waals surface area contributed by atoms with Gasteiger partial charge in [0.2, 0.25) is 0 Å². The van der Waals surface area contributed by atoms with Crippen LogP contribution in [0.2, 0.25) is 0 Å². The molecule has 0 bridgehead atoms. The van der Waals surface area contributed by atoms with Crippen LogP contribution in [-0.4, -0.2) is 39.4 Å². The predicted molar refractivity (Wildman–Crippen MR) is 111 cm³/mol. The number of nitrogens with zero attached hydrogens (tertiary/aromatic N) is 3. The second kappa shape index (κ2) is 7.25. The fraction of sp³-hybridized carbons (Fsp3) is 0.158. The number of nitrogens with one attached hydrogen (secondary N) is 1. The number of para-hydroxylation sites is 2. The molecule has 1 N–H and O–H groups in total. The smallest absolute Gasteiger partial charge is 0.326 e. The molecule has 0 spiro atoms. The first-order valence-corrected chi connectivity index (χ1v) is 10.9. The van der Waals surface area contributed by atoms with Gasteiger partial charge in [-0.25, -0.2) is 9.29 Å². The van der Waals surface area contributed by atoms with Gasteiger partial charge in [-0.3, -0.25) is 9.10 Å². The Bertz CT molecular complexity index is 1110. The Balaban J connectivity index is 1.42. The molecule has 1 aliphatic rings. The van der Waals surface area contributed by atoms with E-state index in [-0.39, 0.29) is 19.0 Å².